The van der Waals surface area contributed by atoms with Crippen LogP contribution in [0.5, 0.6) is 0 Å². The van der Waals surface area contributed by atoms with E-state index in [1.807, 2.05) is 13.8 Å². The van der Waals surface area contributed by atoms with Crippen LogP contribution in [0.25, 0.3) is 0 Å². The van der Waals surface area contributed by atoms with Crippen LogP contribution in [0.3, 0.4) is 0 Å². The van der Waals surface area contributed by atoms with Crippen molar-refractivity contribution in [3.8, 4) is 0 Å². The van der Waals surface area contributed by atoms with Gasteiger partial charge in [0.2, 0.25) is 0 Å². The van der Waals surface area contributed by atoms with Gasteiger partial charge >= 0.3 is 5.97 Å². The summed E-state index contributed by atoms with van der Waals surface area (Å²) < 4.78 is 5.08. The van der Waals surface area contributed by atoms with Gasteiger partial charge in [-0.05, 0) is 74.3 Å². The predicted octanol–water partition coefficient (Wildman–Crippen LogP) is 4.52. The van der Waals surface area contributed by atoms with Crippen LogP contribution in [0.15, 0.2) is 23.3 Å². The first-order chi connectivity index (χ1) is 11.3. The van der Waals surface area contributed by atoms with Crippen molar-refractivity contribution in [2.24, 2.45) is 23.2 Å². The zero-order chi connectivity index (χ0) is 17.5. The Bertz CT molecular complexity index is 574. The van der Waals surface area contributed by atoms with Crippen molar-refractivity contribution in [1.82, 2.24) is 0 Å². The van der Waals surface area contributed by atoms with Crippen LogP contribution in [0.2, 0.25) is 0 Å². The van der Waals surface area contributed by atoms with E-state index in [2.05, 4.69) is 19.1 Å². The fraction of sp³-hybridized carbons (Fsp3) is 0.750. The topological polar surface area (TPSA) is 55.8 Å². The molecule has 4 heteroatoms. The molecule has 4 unspecified atom stereocenters. The number of hydrogen-bond acceptors (Lipinski definition) is 4. The fourth-order valence-electron chi connectivity index (χ4n) is 5.40. The molecule has 3 rings (SSSR count). The number of rotatable bonds is 3. The Morgan fingerprint density at radius 2 is 2.12 bits per heavy atom. The first-order valence-electron chi connectivity index (χ1n) is 9.15. The lowest BCUT2D eigenvalue weighted by molar-refractivity contribution is -0.301. The lowest BCUT2D eigenvalue weighted by Crippen LogP contribution is -2.48. The van der Waals surface area contributed by atoms with Gasteiger partial charge in [-0.15, -0.1) is 0 Å². The normalized spacial score (nSPS) is 36.1. The molecule has 24 heavy (non-hydrogen) atoms. The highest BCUT2D eigenvalue weighted by Gasteiger charge is 2.52. The Kier molecular flexibility index (Phi) is 4.65. The largest absolute Gasteiger partial charge is 0.469 e. The van der Waals surface area contributed by atoms with Gasteiger partial charge in [0.25, 0.3) is 0 Å². The summed E-state index contributed by atoms with van der Waals surface area (Å²) in [5.41, 5.74) is 2.04. The molecule has 0 saturated heterocycles. The maximum absolute atomic E-state index is 12.2. The first kappa shape index (κ1) is 17.7. The van der Waals surface area contributed by atoms with Gasteiger partial charge in [-0.25, -0.2) is 4.89 Å². The molecule has 4 atom stereocenters. The zero-order valence-corrected chi connectivity index (χ0v) is 15.3. The van der Waals surface area contributed by atoms with E-state index in [4.69, 9.17) is 9.62 Å². The number of carbonyl (C=O) groups excluding carboxylic acids is 1. The average Bonchev–Trinajstić information content (AvgIpc) is 2.59. The highest BCUT2D eigenvalue weighted by Crippen LogP contribution is 2.58. The minimum atomic E-state index is -0.634. The van der Waals surface area contributed by atoms with Crippen molar-refractivity contribution in [2.75, 3.05) is 7.11 Å². The van der Waals surface area contributed by atoms with E-state index in [9.17, 15) is 10.1 Å². The van der Waals surface area contributed by atoms with Crippen molar-refractivity contribution >= 4 is 5.97 Å². The van der Waals surface area contributed by atoms with Crippen LogP contribution in [-0.2, 0) is 14.4 Å². The Hall–Kier alpha value is -1.13. The summed E-state index contributed by atoms with van der Waals surface area (Å²) >= 11 is 0. The van der Waals surface area contributed by atoms with Gasteiger partial charge in [0, 0.05) is 0 Å². The molecule has 0 aliphatic heterocycles. The second kappa shape index (κ2) is 6.30. The van der Waals surface area contributed by atoms with E-state index in [-0.39, 0.29) is 17.3 Å². The third kappa shape index (κ3) is 2.74. The fourth-order valence-corrected chi connectivity index (χ4v) is 5.40. The van der Waals surface area contributed by atoms with E-state index >= 15 is 0 Å². The molecule has 0 bridgehead atoms. The summed E-state index contributed by atoms with van der Waals surface area (Å²) in [5.74, 6) is 0.866. The van der Waals surface area contributed by atoms with E-state index in [0.717, 1.165) is 37.7 Å². The third-order valence-electron chi connectivity index (χ3n) is 6.92. The van der Waals surface area contributed by atoms with Gasteiger partial charge in [-0.2, -0.15) is 0 Å². The van der Waals surface area contributed by atoms with Gasteiger partial charge in [-0.3, -0.25) is 10.1 Å². The van der Waals surface area contributed by atoms with Crippen LogP contribution in [0.4, 0.5) is 0 Å². The first-order valence-corrected chi connectivity index (χ1v) is 9.15. The Morgan fingerprint density at radius 3 is 2.79 bits per heavy atom. The molecule has 0 aromatic rings. The van der Waals surface area contributed by atoms with Crippen molar-refractivity contribution in [3.63, 3.8) is 0 Å². The molecule has 0 aromatic heterocycles. The van der Waals surface area contributed by atoms with E-state index in [0.29, 0.717) is 11.8 Å². The molecule has 134 valence electrons. The second-order valence-electron chi connectivity index (χ2n) is 8.44. The van der Waals surface area contributed by atoms with Crippen molar-refractivity contribution in [3.05, 3.63) is 23.3 Å². The molecule has 0 radical (unpaired) electrons. The van der Waals surface area contributed by atoms with Crippen molar-refractivity contribution in [1.29, 1.82) is 0 Å². The quantitative estimate of drug-likeness (QED) is 0.468. The second-order valence-corrected chi connectivity index (χ2v) is 8.44. The van der Waals surface area contributed by atoms with Crippen LogP contribution in [-0.4, -0.2) is 23.9 Å². The van der Waals surface area contributed by atoms with Crippen molar-refractivity contribution in [2.45, 2.75) is 64.9 Å². The number of carbonyl (C=O) groups is 1. The number of methoxy groups -OCH3 is 1. The lowest BCUT2D eigenvalue weighted by Gasteiger charge is -2.54. The maximum Gasteiger partial charge on any atom is 0.308 e. The van der Waals surface area contributed by atoms with Gasteiger partial charge < -0.3 is 4.74 Å². The summed E-state index contributed by atoms with van der Waals surface area (Å²) in [4.78, 5) is 16.9. The molecule has 0 heterocycles. The molecular formula is C20H30O4. The Labute approximate surface area is 144 Å². The maximum atomic E-state index is 12.2. The molecule has 4 nitrogen and oxygen atoms in total. The third-order valence-corrected chi connectivity index (χ3v) is 6.92. The summed E-state index contributed by atoms with van der Waals surface area (Å²) in [6.07, 6.45) is 10.7. The molecule has 0 aromatic carbocycles. The van der Waals surface area contributed by atoms with Gasteiger partial charge in [0.05, 0.1) is 13.0 Å². The molecule has 1 saturated carbocycles. The molecule has 0 amide bonds. The Morgan fingerprint density at radius 1 is 1.38 bits per heavy atom. The predicted molar refractivity (Wildman–Crippen MR) is 92.3 cm³/mol. The molecule has 3 aliphatic carbocycles. The molecule has 1 N–H and O–H groups in total. The number of fused-ring (bicyclic) bond motifs is 3. The monoisotopic (exact) mass is 334 g/mol. The molecule has 0 spiro atoms. The summed E-state index contributed by atoms with van der Waals surface area (Å²) in [6, 6.07) is 0. The minimum Gasteiger partial charge on any atom is -0.469 e. The van der Waals surface area contributed by atoms with Gasteiger partial charge in [0.1, 0.15) is 5.60 Å². The zero-order valence-electron chi connectivity index (χ0n) is 15.3. The summed E-state index contributed by atoms with van der Waals surface area (Å²) in [7, 11) is 1.50. The lowest BCUT2D eigenvalue weighted by atomic mass is 9.50. The van der Waals surface area contributed by atoms with Crippen LogP contribution in [0.1, 0.15) is 59.3 Å². The molecular weight excluding hydrogens is 304 g/mol. The SMILES string of the molecule is COC(=O)C1CCCC2(C)C3CCC(C(C)(C)OO)=CC3=CCC12. The van der Waals surface area contributed by atoms with Crippen LogP contribution >= 0.6 is 0 Å². The van der Waals surface area contributed by atoms with Crippen molar-refractivity contribution < 1.29 is 19.7 Å². The number of allylic oxidation sites excluding steroid dienone is 3. The summed E-state index contributed by atoms with van der Waals surface area (Å²) in [6.45, 7) is 6.18. The van der Waals surface area contributed by atoms with Gasteiger partial charge in [0.15, 0.2) is 0 Å². The Balaban J connectivity index is 1.93. The molecule has 1 fully saturated rings. The van der Waals surface area contributed by atoms with Crippen LogP contribution in [0, 0.1) is 23.2 Å². The van der Waals surface area contributed by atoms with Gasteiger partial charge in [-0.1, -0.05) is 25.5 Å². The number of esters is 1. The smallest absolute Gasteiger partial charge is 0.308 e. The highest BCUT2D eigenvalue weighted by molar-refractivity contribution is 5.73. The number of ether oxygens (including phenoxy) is 1. The average molecular weight is 334 g/mol. The number of hydrogen-bond donors (Lipinski definition) is 1. The van der Waals surface area contributed by atoms with E-state index < -0.39 is 5.60 Å². The van der Waals surface area contributed by atoms with E-state index in [1.165, 1.54) is 19.1 Å². The van der Waals surface area contributed by atoms with Crippen LogP contribution < -0.4 is 0 Å². The van der Waals surface area contributed by atoms with E-state index in [1.54, 1.807) is 0 Å². The highest BCUT2D eigenvalue weighted by atomic mass is 17.1. The summed E-state index contributed by atoms with van der Waals surface area (Å²) in [5, 5.41) is 9.19. The standard InChI is InChI=1S/C20H30O4/c1-19(2,24-22)14-8-10-16-13(12-14)7-9-17-15(18(21)23-4)6-5-11-20(16,17)3/h7,12,15-17,22H,5-6,8-11H2,1-4H3. The molecule has 3 aliphatic rings. The minimum absolute atomic E-state index is 0.0362.